The smallest absolute Gasteiger partial charge is 0.313 e. The quantitative estimate of drug-likeness (QED) is 0.655. The van der Waals surface area contributed by atoms with Gasteiger partial charge >= 0.3 is 5.69 Å². The number of ether oxygens (including phenoxy) is 1. The van der Waals surface area contributed by atoms with Crippen molar-refractivity contribution in [2.24, 2.45) is 5.73 Å². The molecule has 0 spiro atoms. The maximum atomic E-state index is 11.0. The van der Waals surface area contributed by atoms with Gasteiger partial charge < -0.3 is 10.5 Å². The number of hydrogen-bond acceptors (Lipinski definition) is 4. The molecule has 0 saturated heterocycles. The molecule has 0 saturated carbocycles. The van der Waals surface area contributed by atoms with Gasteiger partial charge in [-0.2, -0.15) is 0 Å². The van der Waals surface area contributed by atoms with Crippen LogP contribution in [0.2, 0.25) is 5.02 Å². The monoisotopic (exact) mass is 356 g/mol. The van der Waals surface area contributed by atoms with Gasteiger partial charge in [0.15, 0.2) is 0 Å². The normalized spacial score (nSPS) is 10.3. The maximum absolute atomic E-state index is 11.0. The maximum Gasteiger partial charge on any atom is 0.313 e. The number of benzene rings is 2. The second kappa shape index (κ2) is 6.21. The number of nitrogens with zero attached hydrogens (tertiary/aromatic N) is 1. The lowest BCUT2D eigenvalue weighted by Gasteiger charge is -2.08. The molecule has 0 aliphatic heterocycles. The Morgan fingerprint density at radius 2 is 2.05 bits per heavy atom. The molecule has 0 aromatic heterocycles. The van der Waals surface area contributed by atoms with Crippen molar-refractivity contribution in [1.82, 2.24) is 0 Å². The van der Waals surface area contributed by atoms with Crippen LogP contribution in [0.15, 0.2) is 40.9 Å². The van der Waals surface area contributed by atoms with Crippen LogP contribution in [0.5, 0.6) is 11.5 Å². The SMILES string of the molecule is NCc1ccc(Oc2ccc(Cl)cc2[N+](=O)[O-])cc1Br. The molecule has 0 atom stereocenters. The summed E-state index contributed by atoms with van der Waals surface area (Å²) >= 11 is 9.11. The number of nitrogens with two attached hydrogens (primary N) is 1. The molecule has 2 N–H and O–H groups in total. The summed E-state index contributed by atoms with van der Waals surface area (Å²) in [6.45, 7) is 0.391. The lowest BCUT2D eigenvalue weighted by Crippen LogP contribution is -1.98. The molecule has 20 heavy (non-hydrogen) atoms. The number of nitro benzene ring substituents is 1. The molecule has 0 heterocycles. The van der Waals surface area contributed by atoms with E-state index in [0.29, 0.717) is 12.3 Å². The van der Waals surface area contributed by atoms with E-state index in [4.69, 9.17) is 22.1 Å². The van der Waals surface area contributed by atoms with Gasteiger partial charge in [0, 0.05) is 22.1 Å². The van der Waals surface area contributed by atoms with Crippen LogP contribution in [0.3, 0.4) is 0 Å². The summed E-state index contributed by atoms with van der Waals surface area (Å²) in [5.41, 5.74) is 6.29. The Balaban J connectivity index is 2.35. The fraction of sp³-hybridized carbons (Fsp3) is 0.0769. The zero-order chi connectivity index (χ0) is 14.7. The van der Waals surface area contributed by atoms with E-state index in [1.807, 2.05) is 0 Å². The van der Waals surface area contributed by atoms with Crippen LogP contribution in [0.1, 0.15) is 5.56 Å². The minimum absolute atomic E-state index is 0.131. The van der Waals surface area contributed by atoms with Gasteiger partial charge in [0.05, 0.1) is 4.92 Å². The van der Waals surface area contributed by atoms with Crippen molar-refractivity contribution in [2.45, 2.75) is 6.54 Å². The van der Waals surface area contributed by atoms with Gasteiger partial charge in [0.25, 0.3) is 0 Å². The van der Waals surface area contributed by atoms with E-state index in [1.165, 1.54) is 18.2 Å². The summed E-state index contributed by atoms with van der Waals surface area (Å²) in [5.74, 6) is 0.603. The zero-order valence-electron chi connectivity index (χ0n) is 10.2. The summed E-state index contributed by atoms with van der Waals surface area (Å²) in [5, 5.41) is 11.3. The summed E-state index contributed by atoms with van der Waals surface area (Å²) in [6, 6.07) is 9.45. The molecular weight excluding hydrogens is 348 g/mol. The van der Waals surface area contributed by atoms with Crippen LogP contribution >= 0.6 is 27.5 Å². The minimum atomic E-state index is -0.537. The highest BCUT2D eigenvalue weighted by Gasteiger charge is 2.16. The lowest BCUT2D eigenvalue weighted by molar-refractivity contribution is -0.385. The Morgan fingerprint density at radius 1 is 1.30 bits per heavy atom. The summed E-state index contributed by atoms with van der Waals surface area (Å²) in [6.07, 6.45) is 0. The van der Waals surface area contributed by atoms with Gasteiger partial charge in [-0.05, 0) is 29.8 Å². The van der Waals surface area contributed by atoms with Gasteiger partial charge in [0.1, 0.15) is 5.75 Å². The second-order valence-electron chi connectivity index (χ2n) is 3.93. The Labute approximate surface area is 128 Å². The Morgan fingerprint density at radius 3 is 2.65 bits per heavy atom. The molecule has 5 nitrogen and oxygen atoms in total. The van der Waals surface area contributed by atoms with Crippen LogP contribution in [-0.4, -0.2) is 4.92 Å². The van der Waals surface area contributed by atoms with E-state index in [0.717, 1.165) is 10.0 Å². The van der Waals surface area contributed by atoms with Gasteiger partial charge in [0.2, 0.25) is 5.75 Å². The summed E-state index contributed by atoms with van der Waals surface area (Å²) in [4.78, 5) is 10.4. The summed E-state index contributed by atoms with van der Waals surface area (Å²) in [7, 11) is 0. The molecule has 2 aromatic carbocycles. The second-order valence-corrected chi connectivity index (χ2v) is 5.22. The average Bonchev–Trinajstić information content (AvgIpc) is 2.41. The average molecular weight is 358 g/mol. The van der Waals surface area contributed by atoms with Gasteiger partial charge in [-0.3, -0.25) is 10.1 Å². The molecule has 2 rings (SSSR count). The predicted molar refractivity (Wildman–Crippen MR) is 80.2 cm³/mol. The first-order chi connectivity index (χ1) is 9.51. The Hall–Kier alpha value is -1.63. The molecule has 0 aliphatic rings. The van der Waals surface area contributed by atoms with Gasteiger partial charge in [-0.15, -0.1) is 0 Å². The van der Waals surface area contributed by atoms with E-state index in [-0.39, 0.29) is 16.5 Å². The number of halogens is 2. The third-order valence-corrected chi connectivity index (χ3v) is 3.56. The van der Waals surface area contributed by atoms with E-state index < -0.39 is 4.92 Å². The van der Waals surface area contributed by atoms with Crippen molar-refractivity contribution in [2.75, 3.05) is 0 Å². The zero-order valence-corrected chi connectivity index (χ0v) is 12.5. The fourth-order valence-electron chi connectivity index (χ4n) is 1.60. The van der Waals surface area contributed by atoms with E-state index in [9.17, 15) is 10.1 Å². The molecule has 7 heteroatoms. The predicted octanol–water partition coefficient (Wildman–Crippen LogP) is 4.26. The Bertz CT molecular complexity index is 664. The first-order valence-corrected chi connectivity index (χ1v) is 6.78. The highest BCUT2D eigenvalue weighted by atomic mass is 79.9. The standard InChI is InChI=1S/C13H10BrClN2O3/c14-11-6-10(3-1-8(11)7-16)20-13-4-2-9(15)5-12(13)17(18)19/h1-6H,7,16H2. The first-order valence-electron chi connectivity index (χ1n) is 5.61. The molecule has 0 radical (unpaired) electrons. The van der Waals surface area contributed by atoms with Crippen LogP contribution in [0, 0.1) is 10.1 Å². The third-order valence-electron chi connectivity index (χ3n) is 2.59. The molecular formula is C13H10BrClN2O3. The van der Waals surface area contributed by atoms with Crippen molar-refractivity contribution in [3.63, 3.8) is 0 Å². The minimum Gasteiger partial charge on any atom is -0.450 e. The van der Waals surface area contributed by atoms with Crippen molar-refractivity contribution >= 4 is 33.2 Å². The van der Waals surface area contributed by atoms with E-state index in [2.05, 4.69) is 15.9 Å². The molecule has 2 aromatic rings. The van der Waals surface area contributed by atoms with Gasteiger partial charge in [-0.1, -0.05) is 33.6 Å². The molecule has 0 fully saturated rings. The summed E-state index contributed by atoms with van der Waals surface area (Å²) < 4.78 is 6.32. The first kappa shape index (κ1) is 14.8. The number of rotatable bonds is 4. The third kappa shape index (κ3) is 3.27. The largest absolute Gasteiger partial charge is 0.450 e. The topological polar surface area (TPSA) is 78.4 Å². The van der Waals surface area contributed by atoms with Crippen LogP contribution < -0.4 is 10.5 Å². The van der Waals surface area contributed by atoms with E-state index >= 15 is 0 Å². The number of nitro groups is 1. The van der Waals surface area contributed by atoms with Gasteiger partial charge in [-0.25, -0.2) is 0 Å². The molecule has 0 bridgehead atoms. The lowest BCUT2D eigenvalue weighted by atomic mass is 10.2. The van der Waals surface area contributed by atoms with Crippen LogP contribution in [-0.2, 0) is 6.54 Å². The van der Waals surface area contributed by atoms with Crippen molar-refractivity contribution in [3.8, 4) is 11.5 Å². The fourth-order valence-corrected chi connectivity index (χ4v) is 2.29. The van der Waals surface area contributed by atoms with Crippen molar-refractivity contribution < 1.29 is 9.66 Å². The molecule has 0 aliphatic carbocycles. The van der Waals surface area contributed by atoms with Crippen LogP contribution in [0.4, 0.5) is 5.69 Å². The molecule has 0 amide bonds. The molecule has 0 unspecified atom stereocenters. The van der Waals surface area contributed by atoms with Crippen molar-refractivity contribution in [1.29, 1.82) is 0 Å². The number of hydrogen-bond donors (Lipinski definition) is 1. The van der Waals surface area contributed by atoms with Crippen molar-refractivity contribution in [3.05, 3.63) is 61.6 Å². The Kier molecular flexibility index (Phi) is 4.59. The van der Waals surface area contributed by atoms with E-state index in [1.54, 1.807) is 18.2 Å². The van der Waals surface area contributed by atoms with Crippen LogP contribution in [0.25, 0.3) is 0 Å². The highest BCUT2D eigenvalue weighted by molar-refractivity contribution is 9.10. The highest BCUT2D eigenvalue weighted by Crippen LogP contribution is 2.34. The molecule has 104 valence electrons.